The van der Waals surface area contributed by atoms with E-state index in [0.29, 0.717) is 32.2 Å². The first kappa shape index (κ1) is 14.1. The number of ether oxygens (including phenoxy) is 1. The first-order valence-electron chi connectivity index (χ1n) is 6.97. The number of urea groups is 1. The zero-order valence-corrected chi connectivity index (χ0v) is 11.7. The Morgan fingerprint density at radius 2 is 2.21 bits per heavy atom. The van der Waals surface area contributed by atoms with Gasteiger partial charge in [-0.15, -0.1) is 0 Å². The average molecular weight is 269 g/mol. The lowest BCUT2D eigenvalue weighted by Crippen LogP contribution is -2.58. The molecule has 1 saturated carbocycles. The maximum absolute atomic E-state index is 12.1. The average Bonchev–Trinajstić information content (AvgIpc) is 2.40. The van der Waals surface area contributed by atoms with E-state index in [9.17, 15) is 9.59 Å². The second-order valence-corrected chi connectivity index (χ2v) is 5.24. The van der Waals surface area contributed by atoms with E-state index in [2.05, 4.69) is 5.32 Å². The van der Waals surface area contributed by atoms with Gasteiger partial charge in [-0.25, -0.2) is 4.79 Å². The number of amides is 3. The van der Waals surface area contributed by atoms with Crippen LogP contribution in [-0.2, 0) is 9.53 Å². The van der Waals surface area contributed by atoms with Crippen LogP contribution in [0.2, 0.25) is 0 Å². The molecule has 0 radical (unpaired) electrons. The number of nitrogens with one attached hydrogen (secondary N) is 1. The molecule has 0 aromatic heterocycles. The van der Waals surface area contributed by atoms with Gasteiger partial charge in [0.2, 0.25) is 5.91 Å². The van der Waals surface area contributed by atoms with Gasteiger partial charge in [-0.05, 0) is 19.8 Å². The first-order valence-corrected chi connectivity index (χ1v) is 6.97. The lowest BCUT2D eigenvalue weighted by atomic mass is 9.80. The Kier molecular flexibility index (Phi) is 4.63. The molecule has 6 nitrogen and oxygen atoms in total. The number of hydrogen-bond acceptors (Lipinski definition) is 3. The summed E-state index contributed by atoms with van der Waals surface area (Å²) in [5.74, 6) is 0.451. The molecular weight excluding hydrogens is 246 g/mol. The van der Waals surface area contributed by atoms with Crippen molar-refractivity contribution in [2.24, 2.45) is 5.92 Å². The molecule has 0 unspecified atom stereocenters. The van der Waals surface area contributed by atoms with Crippen LogP contribution in [0.15, 0.2) is 0 Å². The van der Waals surface area contributed by atoms with Crippen LogP contribution in [-0.4, -0.2) is 67.7 Å². The lowest BCUT2D eigenvalue weighted by molar-refractivity contribution is -0.134. The molecule has 1 saturated heterocycles. The molecule has 19 heavy (non-hydrogen) atoms. The summed E-state index contributed by atoms with van der Waals surface area (Å²) in [7, 11) is 1.68. The van der Waals surface area contributed by atoms with Crippen molar-refractivity contribution in [3.8, 4) is 0 Å². The van der Waals surface area contributed by atoms with Gasteiger partial charge in [-0.2, -0.15) is 0 Å². The van der Waals surface area contributed by atoms with Crippen LogP contribution in [0.3, 0.4) is 0 Å². The minimum Gasteiger partial charge on any atom is -0.384 e. The summed E-state index contributed by atoms with van der Waals surface area (Å²) in [5.41, 5.74) is 0. The number of carbonyl (C=O) groups is 2. The molecule has 0 aromatic carbocycles. The van der Waals surface area contributed by atoms with Crippen LogP contribution in [0.25, 0.3) is 0 Å². The first-order chi connectivity index (χ1) is 9.15. The van der Waals surface area contributed by atoms with Crippen LogP contribution >= 0.6 is 0 Å². The molecular formula is C13H23N3O3. The third-order valence-corrected chi connectivity index (χ3v) is 4.09. The number of carbonyl (C=O) groups excluding carboxylic acids is 2. The van der Waals surface area contributed by atoms with E-state index in [0.717, 1.165) is 12.8 Å². The van der Waals surface area contributed by atoms with Crippen molar-refractivity contribution in [1.82, 2.24) is 15.1 Å². The predicted molar refractivity (Wildman–Crippen MR) is 70.7 cm³/mol. The molecule has 1 N–H and O–H groups in total. The third kappa shape index (κ3) is 3.18. The number of methoxy groups -OCH3 is 1. The van der Waals surface area contributed by atoms with Crippen molar-refractivity contribution in [3.05, 3.63) is 0 Å². The van der Waals surface area contributed by atoms with Gasteiger partial charge < -0.3 is 19.9 Å². The minimum absolute atomic E-state index is 0.0333. The van der Waals surface area contributed by atoms with Gasteiger partial charge in [0.05, 0.1) is 6.61 Å². The molecule has 3 amide bonds. The summed E-state index contributed by atoms with van der Waals surface area (Å²) >= 11 is 0. The van der Waals surface area contributed by atoms with E-state index >= 15 is 0 Å². The van der Waals surface area contributed by atoms with E-state index in [1.54, 1.807) is 16.9 Å². The SMILES string of the molecule is CCN1CCN(C(=O)N[C@@H]2CC[C@@H]2COC)CC1=O. The summed E-state index contributed by atoms with van der Waals surface area (Å²) in [6.07, 6.45) is 2.10. The van der Waals surface area contributed by atoms with Crippen molar-refractivity contribution in [2.75, 3.05) is 39.9 Å². The van der Waals surface area contributed by atoms with E-state index in [1.807, 2.05) is 6.92 Å². The van der Waals surface area contributed by atoms with Crippen molar-refractivity contribution in [1.29, 1.82) is 0 Å². The Bertz CT molecular complexity index is 348. The van der Waals surface area contributed by atoms with Crippen molar-refractivity contribution < 1.29 is 14.3 Å². The number of hydrogen-bond donors (Lipinski definition) is 1. The highest BCUT2D eigenvalue weighted by Crippen LogP contribution is 2.27. The normalized spacial score (nSPS) is 27.2. The summed E-state index contributed by atoms with van der Waals surface area (Å²) in [5, 5.41) is 3.01. The molecule has 1 aliphatic heterocycles. The van der Waals surface area contributed by atoms with Gasteiger partial charge in [-0.1, -0.05) is 0 Å². The monoisotopic (exact) mass is 269 g/mol. The van der Waals surface area contributed by atoms with Gasteiger partial charge in [0.1, 0.15) is 6.54 Å². The molecule has 2 fully saturated rings. The topological polar surface area (TPSA) is 61.9 Å². The Balaban J connectivity index is 1.79. The van der Waals surface area contributed by atoms with E-state index in [-0.39, 0.29) is 24.5 Å². The summed E-state index contributed by atoms with van der Waals surface area (Å²) < 4.78 is 5.12. The van der Waals surface area contributed by atoms with Gasteiger partial charge in [0.15, 0.2) is 0 Å². The second kappa shape index (κ2) is 6.23. The van der Waals surface area contributed by atoms with Crippen LogP contribution in [0.1, 0.15) is 19.8 Å². The summed E-state index contributed by atoms with van der Waals surface area (Å²) in [4.78, 5) is 27.2. The quantitative estimate of drug-likeness (QED) is 0.797. The number of piperazine rings is 1. The van der Waals surface area contributed by atoms with Crippen LogP contribution in [0.5, 0.6) is 0 Å². The Morgan fingerprint density at radius 1 is 1.42 bits per heavy atom. The zero-order valence-electron chi connectivity index (χ0n) is 11.7. The van der Waals surface area contributed by atoms with Gasteiger partial charge >= 0.3 is 6.03 Å². The minimum atomic E-state index is -0.116. The van der Waals surface area contributed by atoms with Crippen LogP contribution in [0, 0.1) is 5.92 Å². The molecule has 2 aliphatic rings. The molecule has 2 atom stereocenters. The molecule has 0 spiro atoms. The fraction of sp³-hybridized carbons (Fsp3) is 0.846. The maximum atomic E-state index is 12.1. The molecule has 1 aliphatic carbocycles. The Labute approximate surface area is 114 Å². The largest absolute Gasteiger partial charge is 0.384 e. The second-order valence-electron chi connectivity index (χ2n) is 5.24. The Hall–Kier alpha value is -1.30. The van der Waals surface area contributed by atoms with E-state index in [1.165, 1.54) is 0 Å². The van der Waals surface area contributed by atoms with Crippen LogP contribution in [0.4, 0.5) is 4.79 Å². The fourth-order valence-electron chi connectivity index (χ4n) is 2.64. The zero-order chi connectivity index (χ0) is 13.8. The highest BCUT2D eigenvalue weighted by Gasteiger charge is 2.34. The van der Waals surface area contributed by atoms with Crippen molar-refractivity contribution >= 4 is 11.9 Å². The van der Waals surface area contributed by atoms with Gasteiger partial charge in [0, 0.05) is 38.7 Å². The van der Waals surface area contributed by atoms with Gasteiger partial charge in [-0.3, -0.25) is 4.79 Å². The van der Waals surface area contributed by atoms with Gasteiger partial charge in [0.25, 0.3) is 0 Å². The molecule has 0 aromatic rings. The highest BCUT2D eigenvalue weighted by atomic mass is 16.5. The number of rotatable bonds is 4. The number of likely N-dealkylation sites (N-methyl/N-ethyl adjacent to an activating group) is 1. The summed E-state index contributed by atoms with van der Waals surface area (Å²) in [6.45, 7) is 4.81. The smallest absolute Gasteiger partial charge is 0.318 e. The molecule has 108 valence electrons. The fourth-order valence-corrected chi connectivity index (χ4v) is 2.64. The lowest BCUT2D eigenvalue weighted by Gasteiger charge is -2.39. The number of nitrogens with zero attached hydrogens (tertiary/aromatic N) is 2. The van der Waals surface area contributed by atoms with Crippen molar-refractivity contribution in [3.63, 3.8) is 0 Å². The third-order valence-electron chi connectivity index (χ3n) is 4.09. The molecule has 1 heterocycles. The summed E-state index contributed by atoms with van der Waals surface area (Å²) in [6, 6.07) is 0.0849. The van der Waals surface area contributed by atoms with Crippen molar-refractivity contribution in [2.45, 2.75) is 25.8 Å². The molecule has 0 bridgehead atoms. The van der Waals surface area contributed by atoms with E-state index < -0.39 is 0 Å². The molecule has 2 rings (SSSR count). The maximum Gasteiger partial charge on any atom is 0.318 e. The Morgan fingerprint density at radius 3 is 2.74 bits per heavy atom. The molecule has 6 heteroatoms. The predicted octanol–water partition coefficient (Wildman–Crippen LogP) is 0.285. The standard InChI is InChI=1S/C13H23N3O3/c1-3-15-6-7-16(8-12(15)17)13(18)14-11-5-4-10(11)9-19-2/h10-11H,3-9H2,1-2H3,(H,14,18)/t10-,11-/m1/s1. The van der Waals surface area contributed by atoms with Crippen LogP contribution < -0.4 is 5.32 Å². The highest BCUT2D eigenvalue weighted by molar-refractivity contribution is 5.85. The van der Waals surface area contributed by atoms with E-state index in [4.69, 9.17) is 4.74 Å².